The van der Waals surface area contributed by atoms with Crippen molar-refractivity contribution in [1.29, 1.82) is 0 Å². The number of aromatic nitrogens is 2. The Bertz CT molecular complexity index is 769. The van der Waals surface area contributed by atoms with Gasteiger partial charge in [-0.25, -0.2) is 0 Å². The average Bonchev–Trinajstić information content (AvgIpc) is 2.55. The lowest BCUT2D eigenvalue weighted by Gasteiger charge is -2.17. The average molecular weight is 300 g/mol. The highest BCUT2D eigenvalue weighted by Gasteiger charge is 2.34. The van der Waals surface area contributed by atoms with Crippen LogP contribution in [0.25, 0.3) is 22.3 Å². The van der Waals surface area contributed by atoms with Crippen LogP contribution in [-0.2, 0) is 6.18 Å². The first-order valence-corrected chi connectivity index (χ1v) is 6.58. The predicted octanol–water partition coefficient (Wildman–Crippen LogP) is 4.83. The molecule has 0 fully saturated rings. The molecule has 0 aliphatic carbocycles. The number of rotatable bonds is 2. The van der Waals surface area contributed by atoms with Crippen LogP contribution in [0.5, 0.6) is 0 Å². The molecule has 0 bridgehead atoms. The molecule has 0 atom stereocenters. The molecule has 22 heavy (non-hydrogen) atoms. The maximum Gasteiger partial charge on any atom is 0.417 e. The van der Waals surface area contributed by atoms with Gasteiger partial charge in [-0.3, -0.25) is 9.97 Å². The van der Waals surface area contributed by atoms with Crippen LogP contribution < -0.4 is 0 Å². The van der Waals surface area contributed by atoms with Crippen LogP contribution in [0.2, 0.25) is 0 Å². The first kappa shape index (κ1) is 14.3. The largest absolute Gasteiger partial charge is 0.417 e. The highest BCUT2D eigenvalue weighted by molar-refractivity contribution is 5.85. The number of benzene rings is 1. The summed E-state index contributed by atoms with van der Waals surface area (Å²) in [6.45, 7) is 0. The number of halogens is 3. The third-order valence-electron chi connectivity index (χ3n) is 3.31. The molecule has 0 N–H and O–H groups in total. The van der Waals surface area contributed by atoms with Gasteiger partial charge in [0, 0.05) is 35.9 Å². The van der Waals surface area contributed by atoms with E-state index in [2.05, 4.69) is 9.97 Å². The fourth-order valence-corrected chi connectivity index (χ4v) is 2.38. The van der Waals surface area contributed by atoms with Gasteiger partial charge in [-0.05, 0) is 35.4 Å². The van der Waals surface area contributed by atoms with Crippen molar-refractivity contribution >= 4 is 0 Å². The van der Waals surface area contributed by atoms with Gasteiger partial charge in [0.2, 0.25) is 0 Å². The van der Waals surface area contributed by atoms with E-state index >= 15 is 0 Å². The van der Waals surface area contributed by atoms with Crippen LogP contribution in [0.3, 0.4) is 0 Å². The smallest absolute Gasteiger partial charge is 0.265 e. The topological polar surface area (TPSA) is 25.8 Å². The molecule has 2 aromatic heterocycles. The van der Waals surface area contributed by atoms with Gasteiger partial charge < -0.3 is 0 Å². The zero-order valence-electron chi connectivity index (χ0n) is 11.4. The van der Waals surface area contributed by atoms with Crippen molar-refractivity contribution in [2.75, 3.05) is 0 Å². The van der Waals surface area contributed by atoms with Gasteiger partial charge in [0.05, 0.1) is 5.56 Å². The van der Waals surface area contributed by atoms with Crippen molar-refractivity contribution in [2.24, 2.45) is 0 Å². The Labute approximate surface area is 125 Å². The number of hydrogen-bond donors (Lipinski definition) is 0. The van der Waals surface area contributed by atoms with Crippen molar-refractivity contribution in [3.05, 3.63) is 72.8 Å². The van der Waals surface area contributed by atoms with Crippen molar-refractivity contribution in [2.45, 2.75) is 6.18 Å². The zero-order valence-corrected chi connectivity index (χ0v) is 11.4. The molecule has 0 aliphatic heterocycles. The number of alkyl halides is 3. The molecule has 110 valence electrons. The van der Waals surface area contributed by atoms with Gasteiger partial charge in [0.15, 0.2) is 0 Å². The van der Waals surface area contributed by atoms with Crippen LogP contribution in [0, 0.1) is 0 Å². The van der Waals surface area contributed by atoms with Crippen molar-refractivity contribution in [3.63, 3.8) is 0 Å². The molecule has 3 aromatic rings. The lowest BCUT2D eigenvalue weighted by atomic mass is 9.91. The van der Waals surface area contributed by atoms with Crippen molar-refractivity contribution in [1.82, 2.24) is 9.97 Å². The third kappa shape index (κ3) is 2.70. The molecule has 2 heterocycles. The van der Waals surface area contributed by atoms with Gasteiger partial charge in [-0.15, -0.1) is 0 Å². The summed E-state index contributed by atoms with van der Waals surface area (Å²) in [5, 5.41) is 0. The van der Waals surface area contributed by atoms with Crippen LogP contribution in [-0.4, -0.2) is 9.97 Å². The standard InChI is InChI=1S/C17H11F3N2/c18-17(19,20)15-5-1-4-14(13-3-2-8-22-11-13)16(15)12-6-9-21-10-7-12/h1-11H. The van der Waals surface area contributed by atoms with E-state index in [4.69, 9.17) is 0 Å². The predicted molar refractivity (Wildman–Crippen MR) is 77.9 cm³/mol. The minimum absolute atomic E-state index is 0.144. The molecule has 0 saturated heterocycles. The Morgan fingerprint density at radius 2 is 1.50 bits per heavy atom. The van der Waals surface area contributed by atoms with Gasteiger partial charge >= 0.3 is 6.18 Å². The molecule has 0 aliphatic rings. The highest BCUT2D eigenvalue weighted by atomic mass is 19.4. The van der Waals surface area contributed by atoms with Gasteiger partial charge in [0.25, 0.3) is 0 Å². The second kappa shape index (κ2) is 5.60. The molecule has 2 nitrogen and oxygen atoms in total. The van der Waals surface area contributed by atoms with E-state index in [0.29, 0.717) is 16.7 Å². The molecule has 1 aromatic carbocycles. The first-order chi connectivity index (χ1) is 10.6. The summed E-state index contributed by atoms with van der Waals surface area (Å²) >= 11 is 0. The Morgan fingerprint density at radius 1 is 0.727 bits per heavy atom. The lowest BCUT2D eigenvalue weighted by Crippen LogP contribution is -2.08. The zero-order chi connectivity index (χ0) is 15.6. The second-order valence-electron chi connectivity index (χ2n) is 4.70. The van der Waals surface area contributed by atoms with E-state index in [9.17, 15) is 13.2 Å². The van der Waals surface area contributed by atoms with Gasteiger partial charge in [-0.2, -0.15) is 13.2 Å². The van der Waals surface area contributed by atoms with Crippen molar-refractivity contribution in [3.8, 4) is 22.3 Å². The van der Waals surface area contributed by atoms with E-state index in [0.717, 1.165) is 6.07 Å². The van der Waals surface area contributed by atoms with E-state index in [1.54, 1.807) is 42.7 Å². The summed E-state index contributed by atoms with van der Waals surface area (Å²) in [6, 6.07) is 10.8. The number of pyridine rings is 2. The summed E-state index contributed by atoms with van der Waals surface area (Å²) in [5.74, 6) is 0. The molecule has 0 amide bonds. The van der Waals surface area contributed by atoms with E-state index < -0.39 is 11.7 Å². The summed E-state index contributed by atoms with van der Waals surface area (Å²) < 4.78 is 40.2. The molecule has 0 radical (unpaired) electrons. The van der Waals surface area contributed by atoms with Gasteiger partial charge in [0.1, 0.15) is 0 Å². The minimum atomic E-state index is -4.43. The monoisotopic (exact) mass is 300 g/mol. The fourth-order valence-electron chi connectivity index (χ4n) is 2.38. The number of nitrogens with zero attached hydrogens (tertiary/aromatic N) is 2. The summed E-state index contributed by atoms with van der Waals surface area (Å²) in [6.07, 6.45) is 1.67. The molecule has 0 unspecified atom stereocenters. The Kier molecular flexibility index (Phi) is 3.63. The molecule has 5 heteroatoms. The van der Waals surface area contributed by atoms with Gasteiger partial charge in [-0.1, -0.05) is 18.2 Å². The Hall–Kier alpha value is -2.69. The van der Waals surface area contributed by atoms with Crippen LogP contribution >= 0.6 is 0 Å². The third-order valence-corrected chi connectivity index (χ3v) is 3.31. The molecular formula is C17H11F3N2. The van der Waals surface area contributed by atoms with Crippen LogP contribution in [0.15, 0.2) is 67.3 Å². The van der Waals surface area contributed by atoms with Crippen LogP contribution in [0.1, 0.15) is 5.56 Å². The molecule has 0 spiro atoms. The Morgan fingerprint density at radius 3 is 2.14 bits per heavy atom. The Balaban J connectivity index is 2.32. The molecule has 3 rings (SSSR count). The quantitative estimate of drug-likeness (QED) is 0.677. The second-order valence-corrected chi connectivity index (χ2v) is 4.70. The fraction of sp³-hybridized carbons (Fsp3) is 0.0588. The summed E-state index contributed by atoms with van der Waals surface area (Å²) in [4.78, 5) is 7.87. The first-order valence-electron chi connectivity index (χ1n) is 6.58. The van der Waals surface area contributed by atoms with E-state index in [1.165, 1.54) is 18.5 Å². The maximum atomic E-state index is 13.4. The lowest BCUT2D eigenvalue weighted by molar-refractivity contribution is -0.137. The maximum absolute atomic E-state index is 13.4. The SMILES string of the molecule is FC(F)(F)c1cccc(-c2cccnc2)c1-c1ccncc1. The summed E-state index contributed by atoms with van der Waals surface area (Å²) in [5.41, 5.74) is 1.08. The number of hydrogen-bond acceptors (Lipinski definition) is 2. The normalized spacial score (nSPS) is 11.4. The van der Waals surface area contributed by atoms with Crippen LogP contribution in [0.4, 0.5) is 13.2 Å². The summed E-state index contributed by atoms with van der Waals surface area (Å²) in [7, 11) is 0. The van der Waals surface area contributed by atoms with E-state index in [-0.39, 0.29) is 5.56 Å². The minimum Gasteiger partial charge on any atom is -0.265 e. The van der Waals surface area contributed by atoms with E-state index in [1.807, 2.05) is 0 Å². The molecular weight excluding hydrogens is 289 g/mol. The highest BCUT2D eigenvalue weighted by Crippen LogP contribution is 2.42. The van der Waals surface area contributed by atoms with Crippen molar-refractivity contribution < 1.29 is 13.2 Å². The molecule has 0 saturated carbocycles.